The van der Waals surface area contributed by atoms with E-state index in [1.165, 1.54) is 11.1 Å². The van der Waals surface area contributed by atoms with E-state index in [9.17, 15) is 9.59 Å². The maximum atomic E-state index is 12.5. The number of rotatable bonds is 2. The van der Waals surface area contributed by atoms with E-state index in [1.807, 2.05) is 43.9 Å². The van der Waals surface area contributed by atoms with Gasteiger partial charge in [0.05, 0.1) is 0 Å². The largest absolute Gasteiger partial charge is 0.444 e. The van der Waals surface area contributed by atoms with Crippen molar-refractivity contribution in [2.75, 3.05) is 13.1 Å². The highest BCUT2D eigenvalue weighted by atomic mass is 16.6. The van der Waals surface area contributed by atoms with Crippen LogP contribution in [0.15, 0.2) is 18.2 Å². The molecule has 0 radical (unpaired) electrons. The molecule has 5 heteroatoms. The quantitative estimate of drug-likeness (QED) is 0.895. The van der Waals surface area contributed by atoms with Gasteiger partial charge in [0, 0.05) is 24.7 Å². The first kappa shape index (κ1) is 17.8. The molecule has 1 N–H and O–H groups in total. The Morgan fingerprint density at radius 2 is 1.88 bits per heavy atom. The van der Waals surface area contributed by atoms with Crippen molar-refractivity contribution in [3.05, 3.63) is 34.9 Å². The number of alkyl carbamates (subject to hydrolysis) is 1. The van der Waals surface area contributed by atoms with Crippen LogP contribution in [0.3, 0.4) is 0 Å². The maximum absolute atomic E-state index is 12.5. The fraction of sp³-hybridized carbons (Fsp3) is 0.600. The zero-order valence-corrected chi connectivity index (χ0v) is 15.4. The fourth-order valence-electron chi connectivity index (χ4n) is 3.59. The minimum absolute atomic E-state index is 0.0856. The Labute approximate surface area is 149 Å². The summed E-state index contributed by atoms with van der Waals surface area (Å²) in [5, 5.41) is 2.96. The molecule has 1 saturated heterocycles. The first-order chi connectivity index (χ1) is 11.8. The first-order valence-electron chi connectivity index (χ1n) is 9.22. The number of fused-ring (bicyclic) bond motifs is 1. The molecule has 0 unspecified atom stereocenters. The van der Waals surface area contributed by atoms with Crippen molar-refractivity contribution in [3.8, 4) is 0 Å². The van der Waals surface area contributed by atoms with E-state index in [-0.39, 0.29) is 18.0 Å². The van der Waals surface area contributed by atoms with Gasteiger partial charge in [-0.25, -0.2) is 4.79 Å². The summed E-state index contributed by atoms with van der Waals surface area (Å²) < 4.78 is 5.34. The highest BCUT2D eigenvalue weighted by Gasteiger charge is 2.25. The van der Waals surface area contributed by atoms with Crippen molar-refractivity contribution in [1.29, 1.82) is 0 Å². The van der Waals surface area contributed by atoms with Gasteiger partial charge in [-0.2, -0.15) is 0 Å². The summed E-state index contributed by atoms with van der Waals surface area (Å²) in [5.74, 6) is 0.148. The zero-order valence-electron chi connectivity index (χ0n) is 15.4. The minimum atomic E-state index is -0.485. The Bertz CT molecular complexity index is 657. The normalized spacial score (nSPS) is 20.1. The van der Waals surface area contributed by atoms with Gasteiger partial charge in [-0.3, -0.25) is 4.79 Å². The number of likely N-dealkylation sites (tertiary alicyclic amines) is 1. The molecule has 1 aromatic rings. The molecule has 5 nitrogen and oxygen atoms in total. The van der Waals surface area contributed by atoms with E-state index in [4.69, 9.17) is 4.74 Å². The van der Waals surface area contributed by atoms with Crippen LogP contribution in [0.25, 0.3) is 0 Å². The Hall–Kier alpha value is -2.04. The number of nitrogens with zero attached hydrogens (tertiary/aromatic N) is 1. The van der Waals surface area contributed by atoms with Crippen LogP contribution in [0.1, 0.15) is 61.5 Å². The summed E-state index contributed by atoms with van der Waals surface area (Å²) in [6, 6.07) is 6.10. The fourth-order valence-corrected chi connectivity index (χ4v) is 3.59. The van der Waals surface area contributed by atoms with Crippen LogP contribution in [-0.4, -0.2) is 41.6 Å². The Morgan fingerprint density at radius 1 is 1.16 bits per heavy atom. The third-order valence-electron chi connectivity index (χ3n) is 4.80. The number of carbonyl (C=O) groups is 2. The summed E-state index contributed by atoms with van der Waals surface area (Å²) in [4.78, 5) is 26.4. The molecule has 1 aliphatic carbocycles. The molecule has 1 aromatic carbocycles. The standard InChI is InChI=1S/C20H28N2O3/c1-20(2,3)25-19(24)21-17-9-8-14-12-16(7-6-15(14)13-17)18(23)22-10-4-5-11-22/h6-7,12,17H,4-5,8-11,13H2,1-3H3,(H,21,24)/t17-/m0/s1. The summed E-state index contributed by atoms with van der Waals surface area (Å²) in [7, 11) is 0. The second kappa shape index (κ2) is 7.06. The van der Waals surface area contributed by atoms with Gasteiger partial charge in [0.2, 0.25) is 0 Å². The molecule has 1 fully saturated rings. The molecule has 3 rings (SSSR count). The van der Waals surface area contributed by atoms with Crippen LogP contribution in [0.5, 0.6) is 0 Å². The van der Waals surface area contributed by atoms with Crippen LogP contribution in [0.2, 0.25) is 0 Å². The topological polar surface area (TPSA) is 58.6 Å². The SMILES string of the molecule is CC(C)(C)OC(=O)N[C@H]1CCc2cc(C(=O)N3CCCC3)ccc2C1. The number of aryl methyl sites for hydroxylation is 1. The van der Waals surface area contributed by atoms with Crippen LogP contribution < -0.4 is 5.32 Å². The number of carbonyl (C=O) groups excluding carboxylic acids is 2. The molecule has 0 spiro atoms. The van der Waals surface area contributed by atoms with Gasteiger partial charge >= 0.3 is 6.09 Å². The number of hydrogen-bond acceptors (Lipinski definition) is 3. The molecule has 1 aliphatic heterocycles. The first-order valence-corrected chi connectivity index (χ1v) is 9.22. The molecule has 1 heterocycles. The lowest BCUT2D eigenvalue weighted by Gasteiger charge is -2.28. The molecule has 2 amide bonds. The summed E-state index contributed by atoms with van der Waals surface area (Å²) in [6.07, 6.45) is 4.38. The summed E-state index contributed by atoms with van der Waals surface area (Å²) >= 11 is 0. The van der Waals surface area contributed by atoms with E-state index in [0.717, 1.165) is 50.8 Å². The highest BCUT2D eigenvalue weighted by Crippen LogP contribution is 2.24. The maximum Gasteiger partial charge on any atom is 0.407 e. The predicted molar refractivity (Wildman–Crippen MR) is 96.8 cm³/mol. The molecular weight excluding hydrogens is 316 g/mol. The van der Waals surface area contributed by atoms with E-state index in [0.29, 0.717) is 0 Å². The molecular formula is C20H28N2O3. The number of hydrogen-bond donors (Lipinski definition) is 1. The third-order valence-corrected chi connectivity index (χ3v) is 4.80. The number of amides is 2. The lowest BCUT2D eigenvalue weighted by atomic mass is 9.87. The second-order valence-electron chi connectivity index (χ2n) is 8.07. The van der Waals surface area contributed by atoms with E-state index < -0.39 is 5.60 Å². The zero-order chi connectivity index (χ0) is 18.0. The molecule has 0 bridgehead atoms. The summed E-state index contributed by atoms with van der Waals surface area (Å²) in [5.41, 5.74) is 2.75. The molecule has 136 valence electrons. The average Bonchev–Trinajstić information content (AvgIpc) is 3.06. The Morgan fingerprint density at radius 3 is 2.56 bits per heavy atom. The van der Waals surface area contributed by atoms with Crippen molar-refractivity contribution in [2.45, 2.75) is 64.5 Å². The van der Waals surface area contributed by atoms with Crippen molar-refractivity contribution in [2.24, 2.45) is 0 Å². The van der Waals surface area contributed by atoms with Crippen LogP contribution in [-0.2, 0) is 17.6 Å². The van der Waals surface area contributed by atoms with Crippen molar-refractivity contribution in [1.82, 2.24) is 10.2 Å². The smallest absolute Gasteiger partial charge is 0.407 e. The molecule has 1 atom stereocenters. The summed E-state index contributed by atoms with van der Waals surface area (Å²) in [6.45, 7) is 7.33. The highest BCUT2D eigenvalue weighted by molar-refractivity contribution is 5.94. The van der Waals surface area contributed by atoms with E-state index >= 15 is 0 Å². The molecule has 2 aliphatic rings. The van der Waals surface area contributed by atoms with Crippen LogP contribution in [0.4, 0.5) is 4.79 Å². The van der Waals surface area contributed by atoms with E-state index in [2.05, 4.69) is 5.32 Å². The lowest BCUT2D eigenvalue weighted by molar-refractivity contribution is 0.0500. The predicted octanol–water partition coefficient (Wildman–Crippen LogP) is 3.30. The van der Waals surface area contributed by atoms with Crippen LogP contribution in [0, 0.1) is 0 Å². The molecule has 25 heavy (non-hydrogen) atoms. The number of nitrogens with one attached hydrogen (secondary N) is 1. The van der Waals surface area contributed by atoms with Crippen molar-refractivity contribution >= 4 is 12.0 Å². The van der Waals surface area contributed by atoms with Gasteiger partial charge in [0.1, 0.15) is 5.60 Å². The third kappa shape index (κ3) is 4.53. The van der Waals surface area contributed by atoms with Gasteiger partial charge in [-0.15, -0.1) is 0 Å². The second-order valence-corrected chi connectivity index (χ2v) is 8.07. The number of ether oxygens (including phenoxy) is 1. The number of benzene rings is 1. The minimum Gasteiger partial charge on any atom is -0.444 e. The van der Waals surface area contributed by atoms with Gasteiger partial charge in [-0.05, 0) is 76.1 Å². The average molecular weight is 344 g/mol. The molecule has 0 aromatic heterocycles. The van der Waals surface area contributed by atoms with Gasteiger partial charge in [0.25, 0.3) is 5.91 Å². The van der Waals surface area contributed by atoms with Crippen molar-refractivity contribution in [3.63, 3.8) is 0 Å². The van der Waals surface area contributed by atoms with E-state index in [1.54, 1.807) is 0 Å². The lowest BCUT2D eigenvalue weighted by Crippen LogP contribution is -2.41. The Balaban J connectivity index is 1.62. The van der Waals surface area contributed by atoms with Gasteiger partial charge < -0.3 is 15.0 Å². The van der Waals surface area contributed by atoms with Crippen LogP contribution >= 0.6 is 0 Å². The van der Waals surface area contributed by atoms with Gasteiger partial charge in [-0.1, -0.05) is 6.07 Å². The molecule has 0 saturated carbocycles. The Kier molecular flexibility index (Phi) is 5.02. The van der Waals surface area contributed by atoms with Crippen molar-refractivity contribution < 1.29 is 14.3 Å². The monoisotopic (exact) mass is 344 g/mol. The van der Waals surface area contributed by atoms with Gasteiger partial charge in [0.15, 0.2) is 0 Å².